The van der Waals surface area contributed by atoms with Crippen molar-refractivity contribution in [3.63, 3.8) is 0 Å². The van der Waals surface area contributed by atoms with E-state index in [4.69, 9.17) is 11.5 Å². The summed E-state index contributed by atoms with van der Waals surface area (Å²) in [6, 6.07) is 7.21. The smallest absolute Gasteiger partial charge is 0.344 e. The van der Waals surface area contributed by atoms with Crippen molar-refractivity contribution in [1.29, 1.82) is 0 Å². The fourth-order valence-electron chi connectivity index (χ4n) is 3.18. The summed E-state index contributed by atoms with van der Waals surface area (Å²) in [4.78, 5) is 37.1. The second-order valence-electron chi connectivity index (χ2n) is 6.80. The van der Waals surface area contributed by atoms with Gasteiger partial charge < -0.3 is 27.0 Å². The maximum atomic E-state index is 11.5. The first-order valence-electron chi connectivity index (χ1n) is 9.21. The lowest BCUT2D eigenvalue weighted by molar-refractivity contribution is -0.119. The van der Waals surface area contributed by atoms with Crippen molar-refractivity contribution in [2.75, 3.05) is 18.0 Å². The van der Waals surface area contributed by atoms with Gasteiger partial charge in [-0.2, -0.15) is 4.99 Å². The molecule has 10 heteroatoms. The molecule has 2 aromatic rings. The third-order valence-electron chi connectivity index (χ3n) is 4.45. The molecule has 10 nitrogen and oxygen atoms in total. The van der Waals surface area contributed by atoms with Crippen LogP contribution in [0.5, 0.6) is 0 Å². The summed E-state index contributed by atoms with van der Waals surface area (Å²) in [6.45, 7) is 3.31. The summed E-state index contributed by atoms with van der Waals surface area (Å²) < 4.78 is 0. The Labute approximate surface area is 168 Å². The van der Waals surface area contributed by atoms with Crippen LogP contribution in [0.3, 0.4) is 0 Å². The number of nitrogens with one attached hydrogen (secondary N) is 2. The number of anilines is 1. The quantitative estimate of drug-likeness (QED) is 0.420. The molecule has 6 N–H and O–H groups in total. The van der Waals surface area contributed by atoms with E-state index in [0.717, 1.165) is 29.7 Å². The van der Waals surface area contributed by atoms with Crippen molar-refractivity contribution in [3.8, 4) is 11.1 Å². The van der Waals surface area contributed by atoms with E-state index in [1.165, 1.54) is 6.92 Å². The molecule has 3 amide bonds. The Bertz CT molecular complexity index is 909. The number of hydrogen-bond donors (Lipinski definition) is 4. The molecule has 2 heterocycles. The van der Waals surface area contributed by atoms with Gasteiger partial charge in [-0.1, -0.05) is 18.2 Å². The molecule has 1 unspecified atom stereocenters. The molecule has 0 bridgehead atoms. The monoisotopic (exact) mass is 396 g/mol. The highest BCUT2D eigenvalue weighted by Gasteiger charge is 2.24. The van der Waals surface area contributed by atoms with Crippen LogP contribution in [0.1, 0.15) is 18.9 Å². The number of urea groups is 1. The third-order valence-corrected chi connectivity index (χ3v) is 4.45. The van der Waals surface area contributed by atoms with Gasteiger partial charge in [0.25, 0.3) is 0 Å². The molecule has 0 aliphatic carbocycles. The standard InChI is InChI=1S/C19H24N8O2/c1-12(28)25-16-5-6-27(11-16)18-22-9-15(10-23-18)14-4-2-3-13(7-14)8-24-19(29)26-17(20)21/h2-4,7,9-10,16H,5-6,8,11H2,1H3,(H,25,28)(H5,20,21,24,26,29). The van der Waals surface area contributed by atoms with Crippen LogP contribution in [-0.2, 0) is 11.3 Å². The van der Waals surface area contributed by atoms with Gasteiger partial charge in [-0.25, -0.2) is 14.8 Å². The van der Waals surface area contributed by atoms with Crippen LogP contribution in [0.2, 0.25) is 0 Å². The molecule has 0 radical (unpaired) electrons. The SMILES string of the molecule is CC(=O)NC1CCN(c2ncc(-c3cccc(CNC(=O)N=C(N)N)c3)cn2)C1. The van der Waals surface area contributed by atoms with Gasteiger partial charge >= 0.3 is 6.03 Å². The van der Waals surface area contributed by atoms with Crippen molar-refractivity contribution in [2.45, 2.75) is 25.9 Å². The predicted molar refractivity (Wildman–Crippen MR) is 110 cm³/mol. The van der Waals surface area contributed by atoms with E-state index in [2.05, 4.69) is 30.5 Å². The first kappa shape index (κ1) is 20.1. The molecular formula is C19H24N8O2. The molecule has 0 spiro atoms. The minimum Gasteiger partial charge on any atom is -0.370 e. The predicted octanol–water partition coefficient (Wildman–Crippen LogP) is 0.341. The van der Waals surface area contributed by atoms with Crippen molar-refractivity contribution in [1.82, 2.24) is 20.6 Å². The van der Waals surface area contributed by atoms with E-state index >= 15 is 0 Å². The van der Waals surface area contributed by atoms with Crippen LogP contribution in [0.15, 0.2) is 41.7 Å². The maximum absolute atomic E-state index is 11.5. The maximum Gasteiger partial charge on any atom is 0.344 e. The van der Waals surface area contributed by atoms with Gasteiger partial charge in [0.15, 0.2) is 5.96 Å². The Morgan fingerprint density at radius 1 is 1.24 bits per heavy atom. The molecule has 1 aliphatic rings. The lowest BCUT2D eigenvalue weighted by Gasteiger charge is -2.16. The van der Waals surface area contributed by atoms with Crippen LogP contribution >= 0.6 is 0 Å². The average Bonchev–Trinajstić information content (AvgIpc) is 3.14. The number of rotatable bonds is 5. The van der Waals surface area contributed by atoms with Gasteiger partial charge in [0, 0.05) is 50.6 Å². The van der Waals surface area contributed by atoms with Crippen molar-refractivity contribution < 1.29 is 9.59 Å². The zero-order valence-electron chi connectivity index (χ0n) is 16.1. The Morgan fingerprint density at radius 3 is 2.69 bits per heavy atom. The fourth-order valence-corrected chi connectivity index (χ4v) is 3.18. The molecule has 3 rings (SSSR count). The van der Waals surface area contributed by atoms with Crippen LogP contribution < -0.4 is 27.0 Å². The van der Waals surface area contributed by atoms with Gasteiger partial charge in [-0.05, 0) is 23.6 Å². The molecule has 1 saturated heterocycles. The molecule has 1 fully saturated rings. The summed E-state index contributed by atoms with van der Waals surface area (Å²) in [5, 5.41) is 5.55. The van der Waals surface area contributed by atoms with Gasteiger partial charge in [0.1, 0.15) is 0 Å². The number of guanidine groups is 1. The number of nitrogens with two attached hydrogens (primary N) is 2. The van der Waals surface area contributed by atoms with Crippen LogP contribution in [0.25, 0.3) is 11.1 Å². The summed E-state index contributed by atoms with van der Waals surface area (Å²) in [7, 11) is 0. The van der Waals surface area contributed by atoms with E-state index in [9.17, 15) is 9.59 Å². The summed E-state index contributed by atoms with van der Waals surface area (Å²) in [6.07, 6.45) is 4.41. The molecule has 152 valence electrons. The normalized spacial score (nSPS) is 15.6. The second-order valence-corrected chi connectivity index (χ2v) is 6.80. The summed E-state index contributed by atoms with van der Waals surface area (Å²) in [5.74, 6) is 0.333. The molecule has 1 atom stereocenters. The number of carbonyl (C=O) groups excluding carboxylic acids is 2. The largest absolute Gasteiger partial charge is 0.370 e. The molecule has 1 aromatic carbocycles. The molecule has 1 aromatic heterocycles. The van der Waals surface area contributed by atoms with E-state index in [1.54, 1.807) is 12.4 Å². The summed E-state index contributed by atoms with van der Waals surface area (Å²) >= 11 is 0. The van der Waals surface area contributed by atoms with E-state index in [1.807, 2.05) is 24.3 Å². The average molecular weight is 396 g/mol. The number of aromatic nitrogens is 2. The Hall–Kier alpha value is -3.69. The minimum absolute atomic E-state index is 0.0255. The van der Waals surface area contributed by atoms with Crippen molar-refractivity contribution >= 4 is 23.8 Å². The molecule has 0 saturated carbocycles. The second kappa shape index (κ2) is 9.00. The Morgan fingerprint density at radius 2 is 2.00 bits per heavy atom. The third kappa shape index (κ3) is 5.64. The first-order chi connectivity index (χ1) is 13.9. The van der Waals surface area contributed by atoms with Crippen LogP contribution in [0.4, 0.5) is 10.7 Å². The van der Waals surface area contributed by atoms with Crippen molar-refractivity contribution in [3.05, 3.63) is 42.2 Å². The lowest BCUT2D eigenvalue weighted by atomic mass is 10.1. The van der Waals surface area contributed by atoms with Gasteiger partial charge in [0.2, 0.25) is 11.9 Å². The number of aliphatic imine (C=N–C) groups is 1. The van der Waals surface area contributed by atoms with E-state index in [0.29, 0.717) is 19.0 Å². The fraction of sp³-hybridized carbons (Fsp3) is 0.316. The van der Waals surface area contributed by atoms with Gasteiger partial charge in [0.05, 0.1) is 0 Å². The summed E-state index contributed by atoms with van der Waals surface area (Å²) in [5.41, 5.74) is 13.0. The highest BCUT2D eigenvalue weighted by molar-refractivity contribution is 5.90. The Balaban J connectivity index is 1.63. The van der Waals surface area contributed by atoms with E-state index < -0.39 is 6.03 Å². The molecular weight excluding hydrogens is 372 g/mol. The topological polar surface area (TPSA) is 152 Å². The highest BCUT2D eigenvalue weighted by atomic mass is 16.2. The number of amides is 3. The van der Waals surface area contributed by atoms with Crippen molar-refractivity contribution in [2.24, 2.45) is 16.5 Å². The van der Waals surface area contributed by atoms with Crippen LogP contribution in [-0.4, -0.2) is 47.0 Å². The zero-order chi connectivity index (χ0) is 20.8. The number of carbonyl (C=O) groups is 2. The van der Waals surface area contributed by atoms with Crippen LogP contribution in [0, 0.1) is 0 Å². The first-order valence-corrected chi connectivity index (χ1v) is 9.21. The highest BCUT2D eigenvalue weighted by Crippen LogP contribution is 2.22. The van der Waals surface area contributed by atoms with Gasteiger partial charge in [-0.3, -0.25) is 4.79 Å². The lowest BCUT2D eigenvalue weighted by Crippen LogP contribution is -2.35. The van der Waals surface area contributed by atoms with Gasteiger partial charge in [-0.15, -0.1) is 0 Å². The Kier molecular flexibility index (Phi) is 6.22. The number of hydrogen-bond acceptors (Lipinski definition) is 5. The molecule has 1 aliphatic heterocycles. The number of nitrogens with zero attached hydrogens (tertiary/aromatic N) is 4. The zero-order valence-corrected chi connectivity index (χ0v) is 16.1. The minimum atomic E-state index is -0.591. The number of benzene rings is 1. The van der Waals surface area contributed by atoms with E-state index in [-0.39, 0.29) is 17.9 Å². The molecule has 29 heavy (non-hydrogen) atoms.